The summed E-state index contributed by atoms with van der Waals surface area (Å²) in [5.41, 5.74) is 0.355. The van der Waals surface area contributed by atoms with Crippen molar-refractivity contribution in [3.8, 4) is 0 Å². The Morgan fingerprint density at radius 1 is 1.00 bits per heavy atom. The lowest BCUT2D eigenvalue weighted by molar-refractivity contribution is -0.203. The topological polar surface area (TPSA) is 104 Å². The molecular weight excluding hydrogens is 428 g/mol. The van der Waals surface area contributed by atoms with Crippen molar-refractivity contribution < 1.29 is 27.4 Å². The van der Waals surface area contributed by atoms with E-state index in [0.717, 1.165) is 51.4 Å². The number of fused-ring (bicyclic) bond motifs is 5. The first-order valence-corrected chi connectivity index (χ1v) is 14.3. The van der Waals surface area contributed by atoms with Gasteiger partial charge >= 0.3 is 10.4 Å². The average molecular weight is 473 g/mol. The van der Waals surface area contributed by atoms with Gasteiger partial charge in [0, 0.05) is 0 Å². The minimum absolute atomic E-state index is 0.0198. The van der Waals surface area contributed by atoms with Crippen molar-refractivity contribution in [3.05, 3.63) is 0 Å². The highest BCUT2D eigenvalue weighted by Crippen LogP contribution is 2.69. The van der Waals surface area contributed by atoms with Gasteiger partial charge in [-0.15, -0.1) is 0 Å². The van der Waals surface area contributed by atoms with Gasteiger partial charge < -0.3 is 10.2 Å². The third-order valence-electron chi connectivity index (χ3n) is 11.0. The van der Waals surface area contributed by atoms with E-state index in [0.29, 0.717) is 41.9 Å². The lowest BCUT2D eigenvalue weighted by Crippen LogP contribution is -2.62. The lowest BCUT2D eigenvalue weighted by atomic mass is 9.41. The number of hydrogen-bond acceptors (Lipinski definition) is 5. The summed E-state index contributed by atoms with van der Waals surface area (Å²) in [5, 5.41) is 22.1. The van der Waals surface area contributed by atoms with E-state index in [4.69, 9.17) is 4.55 Å². The molecule has 0 aromatic heterocycles. The van der Waals surface area contributed by atoms with Gasteiger partial charge in [0.2, 0.25) is 0 Å². The molecule has 0 spiro atoms. The van der Waals surface area contributed by atoms with Crippen molar-refractivity contribution in [2.24, 2.45) is 52.3 Å². The molecule has 7 heteroatoms. The molecule has 0 saturated heterocycles. The van der Waals surface area contributed by atoms with E-state index in [1.807, 2.05) is 0 Å². The second-order valence-corrected chi connectivity index (χ2v) is 13.2. The Kier molecular flexibility index (Phi) is 6.83. The molecule has 4 aliphatic carbocycles. The zero-order valence-electron chi connectivity index (χ0n) is 20.2. The van der Waals surface area contributed by atoms with E-state index >= 15 is 0 Å². The monoisotopic (exact) mass is 472 g/mol. The van der Waals surface area contributed by atoms with Crippen LogP contribution < -0.4 is 0 Å². The molecule has 186 valence electrons. The Labute approximate surface area is 194 Å². The molecule has 0 radical (unpaired) electrons. The van der Waals surface area contributed by atoms with Gasteiger partial charge in [0.1, 0.15) is 0 Å². The maximum absolute atomic E-state index is 11.7. The van der Waals surface area contributed by atoms with Crippen molar-refractivity contribution in [2.75, 3.05) is 6.61 Å². The molecule has 0 aromatic carbocycles. The van der Waals surface area contributed by atoms with Gasteiger partial charge in [-0.2, -0.15) is 8.42 Å². The third-order valence-corrected chi connectivity index (χ3v) is 11.4. The Morgan fingerprint density at radius 3 is 2.31 bits per heavy atom. The Balaban J connectivity index is 1.56. The molecule has 0 bridgehead atoms. The summed E-state index contributed by atoms with van der Waals surface area (Å²) in [5.74, 6) is 2.78. The fourth-order valence-corrected chi connectivity index (χ4v) is 9.78. The first-order chi connectivity index (χ1) is 14.9. The molecule has 6 nitrogen and oxygen atoms in total. The molecule has 4 aliphatic rings. The molecular formula is C25H44O6S. The van der Waals surface area contributed by atoms with Gasteiger partial charge in [-0.25, -0.2) is 4.18 Å². The van der Waals surface area contributed by atoms with Crippen molar-refractivity contribution >= 4 is 10.4 Å². The van der Waals surface area contributed by atoms with E-state index in [2.05, 4.69) is 31.9 Å². The van der Waals surface area contributed by atoms with Crippen molar-refractivity contribution in [2.45, 2.75) is 97.7 Å². The molecule has 4 saturated carbocycles. The quantitative estimate of drug-likeness (QED) is 0.493. The van der Waals surface area contributed by atoms with E-state index in [1.54, 1.807) is 0 Å². The molecule has 0 aliphatic heterocycles. The van der Waals surface area contributed by atoms with Gasteiger partial charge in [-0.1, -0.05) is 34.1 Å². The fourth-order valence-electron chi connectivity index (χ4n) is 9.47. The summed E-state index contributed by atoms with van der Waals surface area (Å²) in [6.45, 7) is 9.28. The first kappa shape index (κ1) is 24.9. The van der Waals surface area contributed by atoms with Crippen molar-refractivity contribution in [1.29, 1.82) is 0 Å². The highest BCUT2D eigenvalue weighted by Gasteiger charge is 2.64. The second kappa shape index (κ2) is 8.78. The highest BCUT2D eigenvalue weighted by molar-refractivity contribution is 7.80. The maximum atomic E-state index is 11.7. The summed E-state index contributed by atoms with van der Waals surface area (Å²) in [6, 6.07) is 0. The summed E-state index contributed by atoms with van der Waals surface area (Å²) < 4.78 is 35.4. The van der Waals surface area contributed by atoms with Crippen LogP contribution in [0.1, 0.15) is 85.5 Å². The summed E-state index contributed by atoms with van der Waals surface area (Å²) in [4.78, 5) is 0. The Hall–Kier alpha value is -0.210. The largest absolute Gasteiger partial charge is 0.397 e. The highest BCUT2D eigenvalue weighted by atomic mass is 32.3. The van der Waals surface area contributed by atoms with Crippen LogP contribution >= 0.6 is 0 Å². The molecule has 4 rings (SSSR count). The van der Waals surface area contributed by atoms with Gasteiger partial charge in [0.25, 0.3) is 0 Å². The molecule has 0 amide bonds. The van der Waals surface area contributed by atoms with Crippen LogP contribution in [0.4, 0.5) is 0 Å². The standard InChI is InChI=1S/C25H44O6S/c1-5-17-21-14-16(26)8-11-25(21,4)20-9-12-24(3)18(6-7-19(24)22(20)23(17)27)15(2)10-13-31-32(28,29)30/h15-23,26-27H,5-14H2,1-4H3,(H,28,29,30)/t15-,16-,17-,18?,19?,20?,21+,22+,23-,24-,25-/m1/s1. The third kappa shape index (κ3) is 4.08. The predicted molar refractivity (Wildman–Crippen MR) is 123 cm³/mol. The fraction of sp³-hybridized carbons (Fsp3) is 1.00. The molecule has 4 fully saturated rings. The average Bonchev–Trinajstić information content (AvgIpc) is 3.06. The van der Waals surface area contributed by atoms with Crippen LogP contribution in [0.15, 0.2) is 0 Å². The van der Waals surface area contributed by atoms with Crippen LogP contribution in [0.25, 0.3) is 0 Å². The number of aliphatic hydroxyl groups excluding tert-OH is 2. The van der Waals surface area contributed by atoms with Crippen LogP contribution in [0.5, 0.6) is 0 Å². The molecule has 3 N–H and O–H groups in total. The summed E-state index contributed by atoms with van der Waals surface area (Å²) in [7, 11) is -4.39. The molecule has 11 atom stereocenters. The number of hydrogen-bond donors (Lipinski definition) is 3. The first-order valence-electron chi connectivity index (χ1n) is 12.9. The van der Waals surface area contributed by atoms with Gasteiger partial charge in [-0.3, -0.25) is 4.55 Å². The zero-order valence-corrected chi connectivity index (χ0v) is 21.1. The van der Waals surface area contributed by atoms with Gasteiger partial charge in [-0.05, 0) is 104 Å². The number of rotatable bonds is 6. The van der Waals surface area contributed by atoms with E-state index < -0.39 is 10.4 Å². The smallest absolute Gasteiger partial charge is 0.393 e. The van der Waals surface area contributed by atoms with E-state index in [1.165, 1.54) is 0 Å². The lowest BCUT2D eigenvalue weighted by Gasteiger charge is -2.64. The maximum Gasteiger partial charge on any atom is 0.397 e. The van der Waals surface area contributed by atoms with Crippen LogP contribution in [0.2, 0.25) is 0 Å². The van der Waals surface area contributed by atoms with Crippen LogP contribution in [-0.2, 0) is 14.6 Å². The van der Waals surface area contributed by atoms with Crippen molar-refractivity contribution in [1.82, 2.24) is 0 Å². The second-order valence-electron chi connectivity index (χ2n) is 12.1. The van der Waals surface area contributed by atoms with E-state index in [9.17, 15) is 18.6 Å². The molecule has 0 heterocycles. The summed E-state index contributed by atoms with van der Waals surface area (Å²) in [6.07, 6.45) is 8.38. The SMILES string of the molecule is CC[C@H]1[C@@H](O)[C@H]2C3CCC([C@H](C)CCOS(=O)(=O)O)[C@@]3(C)CCC2[C@@]2(C)CC[C@@H](O)C[C@@H]12. The van der Waals surface area contributed by atoms with Crippen LogP contribution in [-0.4, -0.2) is 42.0 Å². The minimum Gasteiger partial charge on any atom is -0.393 e. The van der Waals surface area contributed by atoms with Crippen molar-refractivity contribution in [3.63, 3.8) is 0 Å². The zero-order chi connectivity index (χ0) is 23.5. The van der Waals surface area contributed by atoms with E-state index in [-0.39, 0.29) is 35.6 Å². The molecule has 0 aromatic rings. The van der Waals surface area contributed by atoms with Gasteiger partial charge in [0.05, 0.1) is 18.8 Å². The molecule has 32 heavy (non-hydrogen) atoms. The van der Waals surface area contributed by atoms with Crippen LogP contribution in [0.3, 0.4) is 0 Å². The Bertz CT molecular complexity index is 785. The predicted octanol–water partition coefficient (Wildman–Crippen LogP) is 4.46. The van der Waals surface area contributed by atoms with Crippen LogP contribution in [0, 0.1) is 52.3 Å². The van der Waals surface area contributed by atoms with Gasteiger partial charge in [0.15, 0.2) is 0 Å². The number of aliphatic hydroxyl groups is 2. The normalized spacial score (nSPS) is 49.7. The minimum atomic E-state index is -4.39. The Morgan fingerprint density at radius 2 is 1.66 bits per heavy atom. The summed E-state index contributed by atoms with van der Waals surface area (Å²) >= 11 is 0. The molecule has 3 unspecified atom stereocenters.